The number of para-hydroxylation sites is 1. The summed E-state index contributed by atoms with van der Waals surface area (Å²) >= 11 is 0. The predicted molar refractivity (Wildman–Crippen MR) is 122 cm³/mol. The molecule has 0 saturated carbocycles. The zero-order valence-corrected chi connectivity index (χ0v) is 18.5. The van der Waals surface area contributed by atoms with Crippen molar-refractivity contribution in [1.29, 1.82) is 0 Å². The van der Waals surface area contributed by atoms with Gasteiger partial charge >= 0.3 is 0 Å². The van der Waals surface area contributed by atoms with Crippen LogP contribution in [-0.4, -0.2) is 42.4 Å². The minimum atomic E-state index is 0.00358. The number of nitrogens with zero attached hydrogens (tertiary/aromatic N) is 1. The molecule has 2 aromatic rings. The topological polar surface area (TPSA) is 70.7 Å². The van der Waals surface area contributed by atoms with Crippen molar-refractivity contribution >= 4 is 11.8 Å². The summed E-state index contributed by atoms with van der Waals surface area (Å²) in [5, 5.41) is 6.02. The standard InChI is InChI=1S/C25H33N3O3/c1-19(2)27-25(30)20-12-14-28(15-13-20)17-24(29)26-16-21-8-6-7-9-22(21)18-31-23-10-4-3-5-11-23/h3-11,19-20H,12-18H2,1-2H3,(H,26,29)(H,27,30). The number of benzene rings is 2. The van der Waals surface area contributed by atoms with Crippen molar-refractivity contribution < 1.29 is 14.3 Å². The smallest absolute Gasteiger partial charge is 0.234 e. The third kappa shape index (κ3) is 7.40. The van der Waals surface area contributed by atoms with Crippen molar-refractivity contribution in [2.24, 2.45) is 5.92 Å². The molecule has 0 atom stereocenters. The van der Waals surface area contributed by atoms with E-state index in [0.717, 1.165) is 42.8 Å². The first kappa shape index (κ1) is 22.8. The van der Waals surface area contributed by atoms with Crippen molar-refractivity contribution in [2.45, 2.75) is 45.9 Å². The summed E-state index contributed by atoms with van der Waals surface area (Å²) in [7, 11) is 0. The van der Waals surface area contributed by atoms with Gasteiger partial charge in [-0.2, -0.15) is 0 Å². The van der Waals surface area contributed by atoms with Crippen LogP contribution in [0.4, 0.5) is 0 Å². The van der Waals surface area contributed by atoms with E-state index in [2.05, 4.69) is 15.5 Å². The number of amides is 2. The summed E-state index contributed by atoms with van der Waals surface area (Å²) in [5.41, 5.74) is 2.11. The van der Waals surface area contributed by atoms with Crippen molar-refractivity contribution in [2.75, 3.05) is 19.6 Å². The summed E-state index contributed by atoms with van der Waals surface area (Å²) in [6.07, 6.45) is 1.59. The monoisotopic (exact) mass is 423 g/mol. The maximum atomic E-state index is 12.5. The zero-order valence-electron chi connectivity index (χ0n) is 18.5. The van der Waals surface area contributed by atoms with Gasteiger partial charge in [-0.25, -0.2) is 0 Å². The second kappa shape index (κ2) is 11.5. The van der Waals surface area contributed by atoms with Crippen molar-refractivity contribution in [3.05, 3.63) is 65.7 Å². The van der Waals surface area contributed by atoms with Gasteiger partial charge < -0.3 is 15.4 Å². The normalized spacial score (nSPS) is 14.9. The minimum absolute atomic E-state index is 0.00358. The molecule has 1 heterocycles. The van der Waals surface area contributed by atoms with E-state index in [9.17, 15) is 9.59 Å². The molecular formula is C25H33N3O3. The average Bonchev–Trinajstić information content (AvgIpc) is 2.77. The molecule has 6 heteroatoms. The van der Waals surface area contributed by atoms with Crippen molar-refractivity contribution in [3.63, 3.8) is 0 Å². The Morgan fingerprint density at radius 3 is 2.32 bits per heavy atom. The van der Waals surface area contributed by atoms with E-state index in [1.165, 1.54) is 0 Å². The van der Waals surface area contributed by atoms with E-state index < -0.39 is 0 Å². The number of hydrogen-bond donors (Lipinski definition) is 2. The van der Waals surface area contributed by atoms with Gasteiger partial charge in [0.05, 0.1) is 6.54 Å². The predicted octanol–water partition coefficient (Wildman–Crippen LogP) is 3.12. The van der Waals surface area contributed by atoms with E-state index >= 15 is 0 Å². The van der Waals surface area contributed by atoms with Gasteiger partial charge in [-0.15, -0.1) is 0 Å². The lowest BCUT2D eigenvalue weighted by molar-refractivity contribution is -0.127. The van der Waals surface area contributed by atoms with Gasteiger partial charge in [-0.1, -0.05) is 42.5 Å². The van der Waals surface area contributed by atoms with Crippen LogP contribution in [-0.2, 0) is 22.7 Å². The molecule has 3 rings (SSSR count). The Hall–Kier alpha value is -2.86. The van der Waals surface area contributed by atoms with E-state index in [1.54, 1.807) is 0 Å². The first-order valence-corrected chi connectivity index (χ1v) is 11.1. The molecule has 166 valence electrons. The first-order valence-electron chi connectivity index (χ1n) is 11.1. The first-order chi connectivity index (χ1) is 15.0. The van der Waals surface area contributed by atoms with Crippen LogP contribution in [0, 0.1) is 5.92 Å². The number of nitrogens with one attached hydrogen (secondary N) is 2. The fourth-order valence-corrected chi connectivity index (χ4v) is 3.76. The number of carbonyl (C=O) groups is 2. The van der Waals surface area contributed by atoms with Gasteiger partial charge in [0.15, 0.2) is 0 Å². The lowest BCUT2D eigenvalue weighted by Gasteiger charge is -2.31. The largest absolute Gasteiger partial charge is 0.489 e. The quantitative estimate of drug-likeness (QED) is 0.650. The minimum Gasteiger partial charge on any atom is -0.489 e. The third-order valence-electron chi connectivity index (χ3n) is 5.49. The molecule has 2 N–H and O–H groups in total. The summed E-state index contributed by atoms with van der Waals surface area (Å²) in [6.45, 7) is 6.78. The van der Waals surface area contributed by atoms with Gasteiger partial charge in [0.25, 0.3) is 0 Å². The highest BCUT2D eigenvalue weighted by molar-refractivity contribution is 5.79. The molecular weight excluding hydrogens is 390 g/mol. The number of likely N-dealkylation sites (tertiary alicyclic amines) is 1. The highest BCUT2D eigenvalue weighted by Crippen LogP contribution is 2.18. The molecule has 0 radical (unpaired) electrons. The summed E-state index contributed by atoms with van der Waals surface area (Å²) in [5.74, 6) is 1.02. The molecule has 0 unspecified atom stereocenters. The van der Waals surface area contributed by atoms with Gasteiger partial charge in [0, 0.05) is 18.5 Å². The number of rotatable bonds is 9. The molecule has 1 saturated heterocycles. The highest BCUT2D eigenvalue weighted by atomic mass is 16.5. The number of ether oxygens (including phenoxy) is 1. The molecule has 1 aliphatic rings. The lowest BCUT2D eigenvalue weighted by Crippen LogP contribution is -2.45. The number of piperidine rings is 1. The maximum Gasteiger partial charge on any atom is 0.234 e. The van der Waals surface area contributed by atoms with Gasteiger partial charge in [0.2, 0.25) is 11.8 Å². The Morgan fingerprint density at radius 1 is 1.00 bits per heavy atom. The van der Waals surface area contributed by atoms with Gasteiger partial charge in [-0.05, 0) is 63.0 Å². The summed E-state index contributed by atoms with van der Waals surface area (Å²) < 4.78 is 5.86. The lowest BCUT2D eigenvalue weighted by atomic mass is 9.95. The highest BCUT2D eigenvalue weighted by Gasteiger charge is 2.26. The zero-order chi connectivity index (χ0) is 22.1. The molecule has 6 nitrogen and oxygen atoms in total. The Bertz CT molecular complexity index is 846. The van der Waals surface area contributed by atoms with E-state index in [-0.39, 0.29) is 23.8 Å². The molecule has 0 aliphatic carbocycles. The molecule has 0 bridgehead atoms. The second-order valence-electron chi connectivity index (χ2n) is 8.36. The van der Waals surface area contributed by atoms with Gasteiger partial charge in [-0.3, -0.25) is 14.5 Å². The maximum absolute atomic E-state index is 12.5. The van der Waals surface area contributed by atoms with E-state index in [4.69, 9.17) is 4.74 Å². The fourth-order valence-electron chi connectivity index (χ4n) is 3.76. The van der Waals surface area contributed by atoms with Crippen LogP contribution >= 0.6 is 0 Å². The van der Waals surface area contributed by atoms with Crippen LogP contribution in [0.25, 0.3) is 0 Å². The van der Waals surface area contributed by atoms with Crippen LogP contribution in [0.15, 0.2) is 54.6 Å². The molecule has 2 amide bonds. The Kier molecular flexibility index (Phi) is 8.47. The van der Waals surface area contributed by atoms with Crippen molar-refractivity contribution in [3.8, 4) is 5.75 Å². The Morgan fingerprint density at radius 2 is 1.65 bits per heavy atom. The average molecular weight is 424 g/mol. The van der Waals surface area contributed by atoms with Crippen molar-refractivity contribution in [1.82, 2.24) is 15.5 Å². The number of hydrogen-bond acceptors (Lipinski definition) is 4. The third-order valence-corrected chi connectivity index (χ3v) is 5.49. The molecule has 1 aliphatic heterocycles. The molecule has 31 heavy (non-hydrogen) atoms. The van der Waals surface area contributed by atoms with Gasteiger partial charge in [0.1, 0.15) is 12.4 Å². The number of carbonyl (C=O) groups excluding carboxylic acids is 2. The fraction of sp³-hybridized carbons (Fsp3) is 0.440. The van der Waals surface area contributed by atoms with Crippen LogP contribution in [0.3, 0.4) is 0 Å². The van der Waals surface area contributed by atoms with E-state index in [1.807, 2.05) is 68.4 Å². The molecule has 0 spiro atoms. The molecule has 1 fully saturated rings. The molecule has 0 aromatic heterocycles. The Balaban J connectivity index is 1.42. The second-order valence-corrected chi connectivity index (χ2v) is 8.36. The van der Waals surface area contributed by atoms with E-state index in [0.29, 0.717) is 19.7 Å². The summed E-state index contributed by atoms with van der Waals surface area (Å²) in [6, 6.07) is 17.9. The van der Waals surface area contributed by atoms with Crippen LogP contribution in [0.5, 0.6) is 5.75 Å². The SMILES string of the molecule is CC(C)NC(=O)C1CCN(CC(=O)NCc2ccccc2COc2ccccc2)CC1. The Labute approximate surface area is 185 Å². The summed E-state index contributed by atoms with van der Waals surface area (Å²) in [4.78, 5) is 26.8. The van der Waals surface area contributed by atoms with Crippen LogP contribution < -0.4 is 15.4 Å². The van der Waals surface area contributed by atoms with Crippen LogP contribution in [0.1, 0.15) is 37.8 Å². The molecule has 2 aromatic carbocycles. The van der Waals surface area contributed by atoms with Crippen LogP contribution in [0.2, 0.25) is 0 Å².